The molecule has 0 aliphatic carbocycles. The van der Waals surface area contributed by atoms with Gasteiger partial charge in [0.2, 0.25) is 0 Å². The van der Waals surface area contributed by atoms with Crippen molar-refractivity contribution in [2.45, 2.75) is 0 Å². The lowest BCUT2D eigenvalue weighted by Gasteiger charge is -2.26. The second kappa shape index (κ2) is 11.8. The van der Waals surface area contributed by atoms with E-state index in [2.05, 4.69) is 204 Å². The third-order valence-electron chi connectivity index (χ3n) is 9.37. The van der Waals surface area contributed by atoms with Crippen molar-refractivity contribution in [3.63, 3.8) is 0 Å². The van der Waals surface area contributed by atoms with Crippen molar-refractivity contribution in [3.05, 3.63) is 194 Å². The zero-order valence-electron chi connectivity index (χ0n) is 26.4. The molecule has 0 aliphatic heterocycles. The van der Waals surface area contributed by atoms with E-state index < -0.39 is 0 Å². The van der Waals surface area contributed by atoms with Gasteiger partial charge >= 0.3 is 0 Å². The van der Waals surface area contributed by atoms with Crippen molar-refractivity contribution in [2.24, 2.45) is 0 Å². The molecule has 1 aromatic heterocycles. The molecule has 0 fully saturated rings. The highest BCUT2D eigenvalue weighted by Crippen LogP contribution is 2.39. The van der Waals surface area contributed by atoms with E-state index in [4.69, 9.17) is 0 Å². The number of para-hydroxylation sites is 2. The van der Waals surface area contributed by atoms with Gasteiger partial charge in [0.05, 0.1) is 11.0 Å². The summed E-state index contributed by atoms with van der Waals surface area (Å²) >= 11 is 0. The van der Waals surface area contributed by atoms with Crippen LogP contribution in [0.15, 0.2) is 194 Å². The van der Waals surface area contributed by atoms with Gasteiger partial charge in [-0.3, -0.25) is 0 Å². The zero-order valence-corrected chi connectivity index (χ0v) is 26.4. The Hall–Kier alpha value is -6.38. The van der Waals surface area contributed by atoms with Crippen LogP contribution in [0.1, 0.15) is 0 Å². The largest absolute Gasteiger partial charge is 0.311 e. The number of fused-ring (bicyclic) bond motifs is 5. The molecule has 0 saturated carbocycles. The Morgan fingerprint density at radius 3 is 1.60 bits per heavy atom. The van der Waals surface area contributed by atoms with Crippen LogP contribution in [0.4, 0.5) is 17.1 Å². The normalized spacial score (nSPS) is 11.3. The van der Waals surface area contributed by atoms with Gasteiger partial charge in [0.1, 0.15) is 0 Å². The standard InChI is InChI=1S/C46H32N2/c1-3-12-33(13-4-1)34-22-27-39(28-23-34)47(38-16-5-2-6-17-38)40-29-24-35(25-30-40)37-15-11-18-41(32-37)48-44-21-10-9-20-43(44)46-42-19-8-7-14-36(42)26-31-45(46)48/h1-32H. The molecule has 0 amide bonds. The number of anilines is 3. The molecule has 0 atom stereocenters. The Morgan fingerprint density at radius 2 is 0.875 bits per heavy atom. The van der Waals surface area contributed by atoms with Crippen LogP contribution in [-0.2, 0) is 0 Å². The molecule has 8 aromatic carbocycles. The minimum atomic E-state index is 1.11. The fourth-order valence-electron chi connectivity index (χ4n) is 7.10. The maximum absolute atomic E-state index is 2.41. The third kappa shape index (κ3) is 4.83. The first-order valence-electron chi connectivity index (χ1n) is 16.4. The summed E-state index contributed by atoms with van der Waals surface area (Å²) in [6.07, 6.45) is 0. The summed E-state index contributed by atoms with van der Waals surface area (Å²) in [6, 6.07) is 69.7. The van der Waals surface area contributed by atoms with Gasteiger partial charge in [-0.05, 0) is 93.7 Å². The monoisotopic (exact) mass is 612 g/mol. The number of nitrogens with zero attached hydrogens (tertiary/aromatic N) is 2. The fraction of sp³-hybridized carbons (Fsp3) is 0. The Morgan fingerprint density at radius 1 is 0.333 bits per heavy atom. The average molecular weight is 613 g/mol. The Kier molecular flexibility index (Phi) is 6.84. The lowest BCUT2D eigenvalue weighted by molar-refractivity contribution is 1.18. The first kappa shape index (κ1) is 27.9. The van der Waals surface area contributed by atoms with Gasteiger partial charge in [-0.15, -0.1) is 0 Å². The first-order chi connectivity index (χ1) is 23.8. The van der Waals surface area contributed by atoms with Gasteiger partial charge in [0.15, 0.2) is 0 Å². The van der Waals surface area contributed by atoms with Crippen molar-refractivity contribution in [1.82, 2.24) is 4.57 Å². The highest BCUT2D eigenvalue weighted by atomic mass is 15.1. The van der Waals surface area contributed by atoms with Crippen LogP contribution in [0.25, 0.3) is 60.5 Å². The summed E-state index contributed by atoms with van der Waals surface area (Å²) < 4.78 is 2.41. The SMILES string of the molecule is c1ccc(-c2ccc(N(c3ccccc3)c3ccc(-c4cccc(-n5c6ccccc6c6c7ccccc7ccc65)c4)cc3)cc2)cc1. The second-order valence-corrected chi connectivity index (χ2v) is 12.2. The Bertz CT molecular complexity index is 2530. The first-order valence-corrected chi connectivity index (χ1v) is 16.4. The number of hydrogen-bond donors (Lipinski definition) is 0. The van der Waals surface area contributed by atoms with E-state index in [1.807, 2.05) is 0 Å². The molecular weight excluding hydrogens is 581 g/mol. The number of aromatic nitrogens is 1. The molecule has 1 heterocycles. The molecule has 0 bridgehead atoms. The molecule has 0 N–H and O–H groups in total. The molecule has 2 nitrogen and oxygen atoms in total. The summed E-state index contributed by atoms with van der Waals surface area (Å²) in [5.41, 5.74) is 11.7. The summed E-state index contributed by atoms with van der Waals surface area (Å²) in [7, 11) is 0. The molecule has 9 rings (SSSR count). The van der Waals surface area contributed by atoms with Crippen molar-refractivity contribution in [2.75, 3.05) is 4.90 Å². The van der Waals surface area contributed by atoms with E-state index in [1.54, 1.807) is 0 Å². The third-order valence-corrected chi connectivity index (χ3v) is 9.37. The minimum Gasteiger partial charge on any atom is -0.311 e. The van der Waals surface area contributed by atoms with Gasteiger partial charge < -0.3 is 9.47 Å². The molecule has 0 saturated heterocycles. The Labute approximate surface area is 280 Å². The summed E-state index contributed by atoms with van der Waals surface area (Å²) in [4.78, 5) is 2.32. The lowest BCUT2D eigenvalue weighted by Crippen LogP contribution is -2.09. The molecule has 226 valence electrons. The van der Waals surface area contributed by atoms with Gasteiger partial charge in [0, 0.05) is 33.5 Å². The van der Waals surface area contributed by atoms with E-state index >= 15 is 0 Å². The van der Waals surface area contributed by atoms with Crippen LogP contribution in [0, 0.1) is 0 Å². The van der Waals surface area contributed by atoms with E-state index in [9.17, 15) is 0 Å². The smallest absolute Gasteiger partial charge is 0.0547 e. The molecule has 2 heteroatoms. The average Bonchev–Trinajstić information content (AvgIpc) is 3.51. The van der Waals surface area contributed by atoms with Crippen LogP contribution < -0.4 is 4.90 Å². The lowest BCUT2D eigenvalue weighted by atomic mass is 10.0. The van der Waals surface area contributed by atoms with Crippen LogP contribution in [0.5, 0.6) is 0 Å². The summed E-state index contributed by atoms with van der Waals surface area (Å²) in [6.45, 7) is 0. The van der Waals surface area contributed by atoms with E-state index in [0.717, 1.165) is 22.7 Å². The van der Waals surface area contributed by atoms with E-state index in [-0.39, 0.29) is 0 Å². The van der Waals surface area contributed by atoms with Crippen molar-refractivity contribution < 1.29 is 0 Å². The van der Waals surface area contributed by atoms with Gasteiger partial charge in [-0.1, -0.05) is 133 Å². The van der Waals surface area contributed by atoms with E-state index in [0.29, 0.717) is 0 Å². The zero-order chi connectivity index (χ0) is 31.9. The second-order valence-electron chi connectivity index (χ2n) is 12.2. The highest BCUT2D eigenvalue weighted by molar-refractivity contribution is 6.21. The molecule has 0 radical (unpaired) electrons. The number of rotatable bonds is 6. The van der Waals surface area contributed by atoms with Crippen molar-refractivity contribution >= 4 is 49.6 Å². The molecular formula is C46H32N2. The molecule has 0 aliphatic rings. The van der Waals surface area contributed by atoms with Crippen LogP contribution in [0.3, 0.4) is 0 Å². The summed E-state index contributed by atoms with van der Waals surface area (Å²) in [5.74, 6) is 0. The van der Waals surface area contributed by atoms with Gasteiger partial charge in [-0.25, -0.2) is 0 Å². The maximum atomic E-state index is 2.41. The van der Waals surface area contributed by atoms with Gasteiger partial charge in [-0.2, -0.15) is 0 Å². The Balaban J connectivity index is 1.10. The van der Waals surface area contributed by atoms with Crippen LogP contribution >= 0.6 is 0 Å². The molecule has 9 aromatic rings. The van der Waals surface area contributed by atoms with Crippen molar-refractivity contribution in [3.8, 4) is 27.9 Å². The molecule has 0 spiro atoms. The minimum absolute atomic E-state index is 1.11. The van der Waals surface area contributed by atoms with Gasteiger partial charge in [0.25, 0.3) is 0 Å². The van der Waals surface area contributed by atoms with E-state index in [1.165, 1.54) is 54.8 Å². The topological polar surface area (TPSA) is 8.17 Å². The molecule has 48 heavy (non-hydrogen) atoms. The molecule has 0 unspecified atom stereocenters. The van der Waals surface area contributed by atoms with Crippen LogP contribution in [0.2, 0.25) is 0 Å². The quantitative estimate of drug-likeness (QED) is 0.181. The van der Waals surface area contributed by atoms with Crippen LogP contribution in [-0.4, -0.2) is 4.57 Å². The number of benzene rings is 8. The maximum Gasteiger partial charge on any atom is 0.0547 e. The summed E-state index contributed by atoms with van der Waals surface area (Å²) in [5, 5.41) is 5.13. The fourth-order valence-corrected chi connectivity index (χ4v) is 7.10. The predicted molar refractivity (Wildman–Crippen MR) is 204 cm³/mol. The van der Waals surface area contributed by atoms with Crippen molar-refractivity contribution in [1.29, 1.82) is 0 Å². The number of hydrogen-bond acceptors (Lipinski definition) is 1. The predicted octanol–water partition coefficient (Wildman–Crippen LogP) is 12.7. The highest BCUT2D eigenvalue weighted by Gasteiger charge is 2.16.